The SMILES string of the molecule is CC(C)COC(=O)CCC(C#N)c1ccc(Br)cn1. The van der Waals surface area contributed by atoms with Crippen LogP contribution >= 0.6 is 15.9 Å². The van der Waals surface area contributed by atoms with Crippen molar-refractivity contribution >= 4 is 21.9 Å². The number of aromatic nitrogens is 1. The lowest BCUT2D eigenvalue weighted by Gasteiger charge is -2.09. The number of esters is 1. The molecule has 1 atom stereocenters. The summed E-state index contributed by atoms with van der Waals surface area (Å²) in [4.78, 5) is 15.7. The van der Waals surface area contributed by atoms with Crippen molar-refractivity contribution in [2.24, 2.45) is 5.92 Å². The number of carbonyl (C=O) groups excluding carboxylic acids is 1. The zero-order valence-electron chi connectivity index (χ0n) is 11.1. The van der Waals surface area contributed by atoms with Gasteiger partial charge in [0.15, 0.2) is 0 Å². The average molecular weight is 325 g/mol. The molecule has 1 unspecified atom stereocenters. The monoisotopic (exact) mass is 324 g/mol. The first-order valence-corrected chi connectivity index (χ1v) is 6.99. The van der Waals surface area contributed by atoms with Crippen LogP contribution in [0.25, 0.3) is 0 Å². The van der Waals surface area contributed by atoms with Gasteiger partial charge in [-0.1, -0.05) is 13.8 Å². The van der Waals surface area contributed by atoms with Crippen molar-refractivity contribution in [1.29, 1.82) is 5.26 Å². The third-order valence-electron chi connectivity index (χ3n) is 2.48. The van der Waals surface area contributed by atoms with Gasteiger partial charge in [0.05, 0.1) is 24.3 Å². The van der Waals surface area contributed by atoms with E-state index >= 15 is 0 Å². The van der Waals surface area contributed by atoms with E-state index in [1.54, 1.807) is 12.3 Å². The number of ether oxygens (including phenoxy) is 1. The van der Waals surface area contributed by atoms with Crippen molar-refractivity contribution in [2.75, 3.05) is 6.61 Å². The maximum Gasteiger partial charge on any atom is 0.305 e. The normalized spacial score (nSPS) is 11.9. The Hall–Kier alpha value is -1.41. The minimum Gasteiger partial charge on any atom is -0.465 e. The van der Waals surface area contributed by atoms with Crippen LogP contribution in [0.1, 0.15) is 38.3 Å². The Kier molecular flexibility index (Phi) is 6.51. The highest BCUT2D eigenvalue weighted by atomic mass is 79.9. The molecule has 0 fully saturated rings. The van der Waals surface area contributed by atoms with Crippen LogP contribution in [0.15, 0.2) is 22.8 Å². The summed E-state index contributed by atoms with van der Waals surface area (Å²) in [6, 6.07) is 5.80. The second-order valence-electron chi connectivity index (χ2n) is 4.70. The third kappa shape index (κ3) is 5.84. The number of rotatable bonds is 6. The van der Waals surface area contributed by atoms with Gasteiger partial charge < -0.3 is 4.74 Å². The maximum absolute atomic E-state index is 11.5. The minimum atomic E-state index is -0.375. The number of carbonyl (C=O) groups is 1. The van der Waals surface area contributed by atoms with Crippen LogP contribution in [0.5, 0.6) is 0 Å². The molecule has 0 spiro atoms. The van der Waals surface area contributed by atoms with Crippen molar-refractivity contribution in [1.82, 2.24) is 4.98 Å². The zero-order valence-corrected chi connectivity index (χ0v) is 12.7. The smallest absolute Gasteiger partial charge is 0.305 e. The highest BCUT2D eigenvalue weighted by Gasteiger charge is 2.15. The van der Waals surface area contributed by atoms with Crippen LogP contribution in [0.4, 0.5) is 0 Å². The molecule has 1 aromatic rings. The molecule has 0 N–H and O–H groups in total. The van der Waals surface area contributed by atoms with E-state index in [1.165, 1.54) is 0 Å². The highest BCUT2D eigenvalue weighted by molar-refractivity contribution is 9.10. The van der Waals surface area contributed by atoms with Crippen molar-refractivity contribution in [2.45, 2.75) is 32.6 Å². The van der Waals surface area contributed by atoms with Gasteiger partial charge in [0.1, 0.15) is 0 Å². The number of hydrogen-bond acceptors (Lipinski definition) is 4. The second kappa shape index (κ2) is 7.90. The third-order valence-corrected chi connectivity index (χ3v) is 2.95. The van der Waals surface area contributed by atoms with E-state index in [2.05, 4.69) is 27.0 Å². The van der Waals surface area contributed by atoms with Gasteiger partial charge in [-0.15, -0.1) is 0 Å². The van der Waals surface area contributed by atoms with E-state index in [9.17, 15) is 4.79 Å². The molecule has 0 amide bonds. The number of halogens is 1. The largest absolute Gasteiger partial charge is 0.465 e. The van der Waals surface area contributed by atoms with Crippen molar-refractivity contribution in [3.63, 3.8) is 0 Å². The Morgan fingerprint density at radius 2 is 2.26 bits per heavy atom. The van der Waals surface area contributed by atoms with Crippen LogP contribution in [0, 0.1) is 17.2 Å². The Balaban J connectivity index is 2.47. The molecule has 1 rings (SSSR count). The molecule has 0 aliphatic carbocycles. The Bertz CT molecular complexity index is 452. The van der Waals surface area contributed by atoms with Gasteiger partial charge in [0.2, 0.25) is 0 Å². The molecule has 0 aliphatic rings. The lowest BCUT2D eigenvalue weighted by molar-refractivity contribution is -0.144. The molecular formula is C14H17BrN2O2. The number of nitrogens with zero attached hydrogens (tertiary/aromatic N) is 2. The quantitative estimate of drug-likeness (QED) is 0.752. The van der Waals surface area contributed by atoms with Crippen molar-refractivity contribution in [3.8, 4) is 6.07 Å². The maximum atomic E-state index is 11.5. The fourth-order valence-corrected chi connectivity index (χ4v) is 1.70. The fraction of sp³-hybridized carbons (Fsp3) is 0.500. The van der Waals surface area contributed by atoms with Crippen LogP contribution in [-0.2, 0) is 9.53 Å². The summed E-state index contributed by atoms with van der Waals surface area (Å²) in [6.07, 6.45) is 2.32. The van der Waals surface area contributed by atoms with Crippen LogP contribution in [-0.4, -0.2) is 17.6 Å². The Morgan fingerprint density at radius 1 is 1.53 bits per heavy atom. The number of nitriles is 1. The molecule has 5 heteroatoms. The van der Waals surface area contributed by atoms with Crippen molar-refractivity contribution < 1.29 is 9.53 Å². The first-order valence-electron chi connectivity index (χ1n) is 6.19. The van der Waals surface area contributed by atoms with Gasteiger partial charge in [-0.3, -0.25) is 9.78 Å². The van der Waals surface area contributed by atoms with Gasteiger partial charge >= 0.3 is 5.97 Å². The molecule has 0 aromatic carbocycles. The molecule has 4 nitrogen and oxygen atoms in total. The average Bonchev–Trinajstić information content (AvgIpc) is 2.39. The Morgan fingerprint density at radius 3 is 2.79 bits per heavy atom. The molecule has 19 heavy (non-hydrogen) atoms. The summed E-state index contributed by atoms with van der Waals surface area (Å²) < 4.78 is 5.94. The van der Waals surface area contributed by atoms with E-state index in [0.717, 1.165) is 4.47 Å². The standard InChI is InChI=1S/C14H17BrN2O2/c1-10(2)9-19-14(18)6-3-11(7-16)13-5-4-12(15)8-17-13/h4-5,8,10-11H,3,6,9H2,1-2H3. The summed E-state index contributed by atoms with van der Waals surface area (Å²) in [7, 11) is 0. The van der Waals surface area contributed by atoms with E-state index in [4.69, 9.17) is 10.00 Å². The first kappa shape index (κ1) is 15.6. The van der Waals surface area contributed by atoms with Crippen LogP contribution in [0.2, 0.25) is 0 Å². The van der Waals surface area contributed by atoms with E-state index in [0.29, 0.717) is 24.6 Å². The zero-order chi connectivity index (χ0) is 14.3. The molecule has 0 radical (unpaired) electrons. The van der Waals surface area contributed by atoms with Gasteiger partial charge in [-0.05, 0) is 40.4 Å². The predicted molar refractivity (Wildman–Crippen MR) is 75.3 cm³/mol. The van der Waals surface area contributed by atoms with Gasteiger partial charge in [-0.2, -0.15) is 5.26 Å². The molecule has 1 aromatic heterocycles. The van der Waals surface area contributed by atoms with E-state index in [-0.39, 0.29) is 18.3 Å². The Labute approximate surface area is 121 Å². The van der Waals surface area contributed by atoms with Crippen LogP contribution < -0.4 is 0 Å². The predicted octanol–water partition coefficient (Wildman–Crippen LogP) is 3.43. The lowest BCUT2D eigenvalue weighted by atomic mass is 10.0. The van der Waals surface area contributed by atoms with Crippen molar-refractivity contribution in [3.05, 3.63) is 28.5 Å². The molecule has 0 saturated heterocycles. The summed E-state index contributed by atoms with van der Waals surface area (Å²) in [5.74, 6) is -0.311. The molecule has 0 aliphatic heterocycles. The minimum absolute atomic E-state index is 0.239. The molecule has 0 saturated carbocycles. The van der Waals surface area contributed by atoms with E-state index in [1.807, 2.05) is 19.9 Å². The van der Waals surface area contributed by atoms with Gasteiger partial charge in [-0.25, -0.2) is 0 Å². The fourth-order valence-electron chi connectivity index (χ4n) is 1.47. The highest BCUT2D eigenvalue weighted by Crippen LogP contribution is 2.20. The molecular weight excluding hydrogens is 308 g/mol. The summed E-state index contributed by atoms with van der Waals surface area (Å²) >= 11 is 3.29. The molecule has 102 valence electrons. The van der Waals surface area contributed by atoms with E-state index < -0.39 is 0 Å². The summed E-state index contributed by atoms with van der Waals surface area (Å²) in [5, 5.41) is 9.13. The second-order valence-corrected chi connectivity index (χ2v) is 5.61. The summed E-state index contributed by atoms with van der Waals surface area (Å²) in [6.45, 7) is 4.39. The number of pyridine rings is 1. The van der Waals surface area contributed by atoms with Gasteiger partial charge in [0.25, 0.3) is 0 Å². The molecule has 1 heterocycles. The summed E-state index contributed by atoms with van der Waals surface area (Å²) in [5.41, 5.74) is 0.683. The lowest BCUT2D eigenvalue weighted by Crippen LogP contribution is -2.11. The molecule has 0 bridgehead atoms. The number of hydrogen-bond donors (Lipinski definition) is 0. The first-order chi connectivity index (χ1) is 9.02. The van der Waals surface area contributed by atoms with Gasteiger partial charge in [0, 0.05) is 17.1 Å². The van der Waals surface area contributed by atoms with Crippen LogP contribution in [0.3, 0.4) is 0 Å². The topological polar surface area (TPSA) is 63.0 Å².